The van der Waals surface area contributed by atoms with Gasteiger partial charge >= 0.3 is 0 Å². The summed E-state index contributed by atoms with van der Waals surface area (Å²) in [6, 6.07) is 0. The van der Waals surface area contributed by atoms with E-state index < -0.39 is 0 Å². The minimum absolute atomic E-state index is 0.556. The van der Waals surface area contributed by atoms with Gasteiger partial charge in [-0.2, -0.15) is 5.21 Å². The zero-order chi connectivity index (χ0) is 9.80. The lowest BCUT2D eigenvalue weighted by atomic mass is 10.1. The fraction of sp³-hybridized carbons (Fsp3) is 0. The van der Waals surface area contributed by atoms with Crippen LogP contribution < -0.4 is 5.73 Å². The van der Waals surface area contributed by atoms with Crippen LogP contribution in [0.5, 0.6) is 0 Å². The van der Waals surface area contributed by atoms with E-state index in [2.05, 4.69) is 20.6 Å². The van der Waals surface area contributed by atoms with Crippen molar-refractivity contribution < 1.29 is 0 Å². The molecule has 0 spiro atoms. The summed E-state index contributed by atoms with van der Waals surface area (Å²) in [7, 11) is 0. The van der Waals surface area contributed by atoms with Gasteiger partial charge in [0.1, 0.15) is 0 Å². The third-order valence-electron chi connectivity index (χ3n) is 1.73. The molecule has 1 heterocycles. The molecule has 2 rings (SSSR count). The number of nitrogens with two attached hydrogens (primary N) is 1. The lowest BCUT2D eigenvalue weighted by Gasteiger charge is -1.96. The monoisotopic (exact) mass is 187 g/mol. The van der Waals surface area contributed by atoms with Gasteiger partial charge in [0.05, 0.1) is 0 Å². The highest BCUT2D eigenvalue weighted by atomic mass is 15.5. The maximum atomic E-state index is 5.65. The molecule has 14 heavy (non-hydrogen) atoms. The summed E-state index contributed by atoms with van der Waals surface area (Å²) in [6.45, 7) is 0. The summed E-state index contributed by atoms with van der Waals surface area (Å²) in [4.78, 5) is 0. The highest BCUT2D eigenvalue weighted by Gasteiger charge is 2.02. The Labute approximate surface area is 80.7 Å². The van der Waals surface area contributed by atoms with E-state index in [1.54, 1.807) is 6.08 Å². The average Bonchev–Trinajstić information content (AvgIpc) is 2.65. The van der Waals surface area contributed by atoms with Gasteiger partial charge in [-0.05, 0) is 23.4 Å². The molecule has 5 nitrogen and oxygen atoms in total. The molecule has 0 radical (unpaired) electrons. The lowest BCUT2D eigenvalue weighted by Crippen LogP contribution is -1.93. The lowest BCUT2D eigenvalue weighted by molar-refractivity contribution is 0.881. The number of tetrazole rings is 1. The highest BCUT2D eigenvalue weighted by Crippen LogP contribution is 2.11. The van der Waals surface area contributed by atoms with Crippen molar-refractivity contribution in [3.8, 4) is 0 Å². The first-order chi connectivity index (χ1) is 6.86. The molecule has 0 amide bonds. The SMILES string of the molecule is NC1=CC=CC=C(c2nn[nH]n2)C=C1. The second-order valence-electron chi connectivity index (χ2n) is 2.74. The predicted molar refractivity (Wildman–Crippen MR) is 52.7 cm³/mol. The van der Waals surface area contributed by atoms with Gasteiger partial charge in [0.2, 0.25) is 5.82 Å². The fourth-order valence-electron chi connectivity index (χ4n) is 1.06. The van der Waals surface area contributed by atoms with Gasteiger partial charge in [-0.3, -0.25) is 0 Å². The van der Waals surface area contributed by atoms with Crippen molar-refractivity contribution in [3.63, 3.8) is 0 Å². The molecule has 5 heteroatoms. The number of hydrogen-bond donors (Lipinski definition) is 2. The van der Waals surface area contributed by atoms with E-state index in [-0.39, 0.29) is 0 Å². The van der Waals surface area contributed by atoms with Gasteiger partial charge in [-0.1, -0.05) is 18.2 Å². The number of aromatic nitrogens is 4. The van der Waals surface area contributed by atoms with Crippen molar-refractivity contribution in [1.82, 2.24) is 20.6 Å². The highest BCUT2D eigenvalue weighted by molar-refractivity contribution is 5.71. The number of nitrogens with zero attached hydrogens (tertiary/aromatic N) is 3. The van der Waals surface area contributed by atoms with Crippen LogP contribution in [0.3, 0.4) is 0 Å². The van der Waals surface area contributed by atoms with Crippen LogP contribution >= 0.6 is 0 Å². The Bertz CT molecular complexity index is 422. The number of allylic oxidation sites excluding steroid dienone is 7. The summed E-state index contributed by atoms with van der Waals surface area (Å²) in [6.07, 6.45) is 11.1. The molecule has 1 aliphatic carbocycles. The minimum Gasteiger partial charge on any atom is -0.399 e. The van der Waals surface area contributed by atoms with Crippen molar-refractivity contribution in [2.24, 2.45) is 5.73 Å². The smallest absolute Gasteiger partial charge is 0.204 e. The molecule has 0 aromatic carbocycles. The first kappa shape index (κ1) is 8.43. The van der Waals surface area contributed by atoms with E-state index in [1.165, 1.54) is 0 Å². The topological polar surface area (TPSA) is 80.5 Å². The van der Waals surface area contributed by atoms with Crippen LogP contribution in [0.4, 0.5) is 0 Å². The number of rotatable bonds is 1. The zero-order valence-corrected chi connectivity index (χ0v) is 7.38. The number of H-pyrrole nitrogens is 1. The van der Waals surface area contributed by atoms with Crippen LogP contribution in [0.15, 0.2) is 42.2 Å². The van der Waals surface area contributed by atoms with Crippen molar-refractivity contribution >= 4 is 5.57 Å². The van der Waals surface area contributed by atoms with Gasteiger partial charge in [0.15, 0.2) is 0 Å². The van der Waals surface area contributed by atoms with Crippen LogP contribution in [0.1, 0.15) is 5.82 Å². The van der Waals surface area contributed by atoms with Crippen LogP contribution in [-0.2, 0) is 0 Å². The van der Waals surface area contributed by atoms with Gasteiger partial charge < -0.3 is 5.73 Å². The van der Waals surface area contributed by atoms with Gasteiger partial charge in [-0.15, -0.1) is 10.2 Å². The van der Waals surface area contributed by atoms with E-state index in [0.29, 0.717) is 11.5 Å². The summed E-state index contributed by atoms with van der Waals surface area (Å²) >= 11 is 0. The van der Waals surface area contributed by atoms with Gasteiger partial charge in [-0.25, -0.2) is 0 Å². The summed E-state index contributed by atoms with van der Waals surface area (Å²) < 4.78 is 0. The molecular formula is C9H9N5. The third kappa shape index (κ3) is 1.77. The summed E-state index contributed by atoms with van der Waals surface area (Å²) in [5.41, 5.74) is 7.21. The van der Waals surface area contributed by atoms with Crippen LogP contribution in [-0.4, -0.2) is 20.6 Å². The third-order valence-corrected chi connectivity index (χ3v) is 1.73. The summed E-state index contributed by atoms with van der Waals surface area (Å²) in [5, 5.41) is 13.6. The van der Waals surface area contributed by atoms with E-state index >= 15 is 0 Å². The molecule has 0 fully saturated rings. The van der Waals surface area contributed by atoms with Crippen LogP contribution in [0.2, 0.25) is 0 Å². The van der Waals surface area contributed by atoms with E-state index in [1.807, 2.05) is 30.4 Å². The Morgan fingerprint density at radius 2 is 2.00 bits per heavy atom. The minimum atomic E-state index is 0.556. The normalized spacial score (nSPS) is 15.7. The van der Waals surface area contributed by atoms with Crippen molar-refractivity contribution in [2.45, 2.75) is 0 Å². The number of aromatic amines is 1. The largest absolute Gasteiger partial charge is 0.399 e. The Morgan fingerprint density at radius 3 is 2.79 bits per heavy atom. The molecular weight excluding hydrogens is 178 g/mol. The second-order valence-corrected chi connectivity index (χ2v) is 2.74. The Morgan fingerprint density at radius 1 is 1.14 bits per heavy atom. The average molecular weight is 187 g/mol. The quantitative estimate of drug-likeness (QED) is 0.672. The molecule has 0 aliphatic heterocycles. The van der Waals surface area contributed by atoms with E-state index in [0.717, 1.165) is 5.57 Å². The molecule has 0 saturated carbocycles. The molecule has 1 aromatic rings. The molecule has 70 valence electrons. The number of nitrogens with one attached hydrogen (secondary N) is 1. The second kappa shape index (κ2) is 3.69. The molecule has 0 unspecified atom stereocenters. The first-order valence-electron chi connectivity index (χ1n) is 4.12. The van der Waals surface area contributed by atoms with Crippen LogP contribution in [0.25, 0.3) is 5.57 Å². The molecule has 1 aromatic heterocycles. The molecule has 0 saturated heterocycles. The summed E-state index contributed by atoms with van der Waals surface area (Å²) in [5.74, 6) is 0.556. The molecule has 0 bridgehead atoms. The zero-order valence-electron chi connectivity index (χ0n) is 7.38. The maximum absolute atomic E-state index is 5.65. The predicted octanol–water partition coefficient (Wildman–Crippen LogP) is 0.552. The first-order valence-corrected chi connectivity index (χ1v) is 4.12. The van der Waals surface area contributed by atoms with E-state index in [9.17, 15) is 0 Å². The van der Waals surface area contributed by atoms with Crippen molar-refractivity contribution in [1.29, 1.82) is 0 Å². The Hall–Kier alpha value is -2.17. The molecule has 0 atom stereocenters. The van der Waals surface area contributed by atoms with Crippen molar-refractivity contribution in [2.75, 3.05) is 0 Å². The van der Waals surface area contributed by atoms with Gasteiger partial charge in [0, 0.05) is 11.3 Å². The Balaban J connectivity index is 2.33. The van der Waals surface area contributed by atoms with E-state index in [4.69, 9.17) is 5.73 Å². The Kier molecular flexibility index (Phi) is 2.22. The maximum Gasteiger partial charge on any atom is 0.204 e. The van der Waals surface area contributed by atoms with Gasteiger partial charge in [0.25, 0.3) is 0 Å². The fourth-order valence-corrected chi connectivity index (χ4v) is 1.06. The van der Waals surface area contributed by atoms with Crippen molar-refractivity contribution in [3.05, 3.63) is 48.0 Å². The number of hydrogen-bond acceptors (Lipinski definition) is 4. The standard InChI is InChI=1S/C9H9N5/c10-8-4-2-1-3-7(5-6-8)9-11-13-14-12-9/h1-6H,10H2,(H,11,12,13,14). The van der Waals surface area contributed by atoms with Crippen LogP contribution in [0, 0.1) is 0 Å². The molecule has 3 N–H and O–H groups in total. The molecule has 1 aliphatic rings.